The fourth-order valence-electron chi connectivity index (χ4n) is 3.34. The molecule has 3 heterocycles. The molecular weight excluding hydrogens is 414 g/mol. The Balaban J connectivity index is 1.51. The van der Waals surface area contributed by atoms with Crippen molar-refractivity contribution < 1.29 is 9.53 Å². The average molecular weight is 430 g/mol. The molecule has 8 heteroatoms. The summed E-state index contributed by atoms with van der Waals surface area (Å²) in [7, 11) is 1.57. The zero-order chi connectivity index (χ0) is 21.4. The van der Waals surface area contributed by atoms with E-state index in [1.807, 2.05) is 36.5 Å². The van der Waals surface area contributed by atoms with E-state index < -0.39 is 0 Å². The topological polar surface area (TPSA) is 81.4 Å². The number of halogens is 1. The van der Waals surface area contributed by atoms with Crippen molar-refractivity contribution in [2.45, 2.75) is 0 Å². The molecular formula is C23H16ClN5O2. The average Bonchev–Trinajstić information content (AvgIpc) is 3.20. The Morgan fingerprint density at radius 3 is 2.71 bits per heavy atom. The first-order valence-electron chi connectivity index (χ1n) is 9.49. The molecule has 0 aliphatic carbocycles. The van der Waals surface area contributed by atoms with Crippen LogP contribution in [-0.4, -0.2) is 32.3 Å². The molecule has 0 atom stereocenters. The van der Waals surface area contributed by atoms with Crippen LogP contribution in [0.3, 0.4) is 0 Å². The number of fused-ring (bicyclic) bond motifs is 2. The van der Waals surface area contributed by atoms with E-state index in [0.717, 1.165) is 21.9 Å². The Labute approximate surface area is 182 Å². The Hall–Kier alpha value is -3.97. The highest BCUT2D eigenvalue weighted by Crippen LogP contribution is 2.29. The Morgan fingerprint density at radius 2 is 1.87 bits per heavy atom. The maximum absolute atomic E-state index is 11.9. The number of hydrogen-bond donors (Lipinski definition) is 1. The van der Waals surface area contributed by atoms with Crippen LogP contribution in [0.2, 0.25) is 5.02 Å². The lowest BCUT2D eigenvalue weighted by Crippen LogP contribution is -2.18. The number of aromatic nitrogens is 4. The van der Waals surface area contributed by atoms with Gasteiger partial charge in [0.15, 0.2) is 0 Å². The van der Waals surface area contributed by atoms with Gasteiger partial charge in [-0.25, -0.2) is 9.97 Å². The van der Waals surface area contributed by atoms with Crippen LogP contribution < -0.4 is 10.1 Å². The minimum absolute atomic E-state index is 0.235. The number of carbonyl (C=O) groups excluding carboxylic acids is 1. The smallest absolute Gasteiger partial charge is 0.252 e. The summed E-state index contributed by atoms with van der Waals surface area (Å²) in [6.07, 6.45) is 8.76. The van der Waals surface area contributed by atoms with Crippen LogP contribution in [-0.2, 0) is 0 Å². The van der Waals surface area contributed by atoms with Crippen molar-refractivity contribution in [1.82, 2.24) is 24.7 Å². The Kier molecular flexibility index (Phi) is 4.72. The normalized spacial score (nSPS) is 11.0. The summed E-state index contributed by atoms with van der Waals surface area (Å²) >= 11 is 6.31. The van der Waals surface area contributed by atoms with Gasteiger partial charge in [-0.2, -0.15) is 0 Å². The molecule has 1 N–H and O–H groups in total. The Bertz CT molecular complexity index is 1450. The third-order valence-electron chi connectivity index (χ3n) is 4.94. The van der Waals surface area contributed by atoms with Crippen LogP contribution in [0.1, 0.15) is 10.4 Å². The second-order valence-electron chi connectivity index (χ2n) is 6.87. The quantitative estimate of drug-likeness (QED) is 0.446. The van der Waals surface area contributed by atoms with E-state index in [4.69, 9.17) is 16.3 Å². The number of ether oxygens (including phenoxy) is 1. The molecule has 1 amide bonds. The summed E-state index contributed by atoms with van der Waals surface area (Å²) in [6, 6.07) is 13.0. The van der Waals surface area contributed by atoms with Gasteiger partial charge in [-0.05, 0) is 41.3 Å². The van der Waals surface area contributed by atoms with Gasteiger partial charge in [0.1, 0.15) is 5.75 Å². The number of amides is 1. The highest BCUT2D eigenvalue weighted by atomic mass is 35.5. The number of nitrogens with one attached hydrogen (secondary N) is 1. The van der Waals surface area contributed by atoms with Gasteiger partial charge in [-0.3, -0.25) is 14.2 Å². The van der Waals surface area contributed by atoms with E-state index in [-0.39, 0.29) is 5.91 Å². The molecule has 0 saturated carbocycles. The van der Waals surface area contributed by atoms with E-state index in [1.54, 1.807) is 48.4 Å². The molecule has 0 spiro atoms. The van der Waals surface area contributed by atoms with Gasteiger partial charge in [0.05, 0.1) is 16.8 Å². The number of carbonyl (C=O) groups is 1. The first-order valence-corrected chi connectivity index (χ1v) is 9.87. The second-order valence-corrected chi connectivity index (χ2v) is 7.28. The third kappa shape index (κ3) is 3.55. The molecule has 0 unspecified atom stereocenters. The molecule has 0 saturated heterocycles. The SMILES string of the molecule is CNC(=O)c1ccc(-c2cnc3ncc(Oc4ccc5ccncc5c4)n3c2)cc1Cl. The largest absolute Gasteiger partial charge is 0.439 e. The predicted molar refractivity (Wildman–Crippen MR) is 119 cm³/mol. The van der Waals surface area contributed by atoms with Crippen LogP contribution in [0.25, 0.3) is 27.7 Å². The number of pyridine rings is 1. The minimum Gasteiger partial charge on any atom is -0.439 e. The molecule has 31 heavy (non-hydrogen) atoms. The van der Waals surface area contributed by atoms with Gasteiger partial charge in [0, 0.05) is 42.8 Å². The van der Waals surface area contributed by atoms with Gasteiger partial charge in [-0.15, -0.1) is 0 Å². The lowest BCUT2D eigenvalue weighted by Gasteiger charge is -2.09. The number of imidazole rings is 1. The number of benzene rings is 2. The molecule has 0 radical (unpaired) electrons. The molecule has 3 aromatic heterocycles. The van der Waals surface area contributed by atoms with Crippen molar-refractivity contribution in [3.8, 4) is 22.8 Å². The molecule has 7 nitrogen and oxygen atoms in total. The summed E-state index contributed by atoms with van der Waals surface area (Å²) in [5, 5.41) is 5.01. The van der Waals surface area contributed by atoms with Crippen molar-refractivity contribution in [3.05, 3.63) is 84.0 Å². The van der Waals surface area contributed by atoms with Crippen LogP contribution in [0.4, 0.5) is 0 Å². The third-order valence-corrected chi connectivity index (χ3v) is 5.25. The zero-order valence-electron chi connectivity index (χ0n) is 16.4. The minimum atomic E-state index is -0.235. The van der Waals surface area contributed by atoms with Crippen molar-refractivity contribution in [3.63, 3.8) is 0 Å². The molecule has 0 aliphatic heterocycles. The summed E-state index contributed by atoms with van der Waals surface area (Å²) in [4.78, 5) is 24.8. The number of rotatable bonds is 4. The number of hydrogen-bond acceptors (Lipinski definition) is 5. The highest BCUT2D eigenvalue weighted by Gasteiger charge is 2.12. The fourth-order valence-corrected chi connectivity index (χ4v) is 3.60. The van der Waals surface area contributed by atoms with E-state index >= 15 is 0 Å². The lowest BCUT2D eigenvalue weighted by atomic mass is 10.1. The summed E-state index contributed by atoms with van der Waals surface area (Å²) < 4.78 is 7.84. The van der Waals surface area contributed by atoms with Crippen LogP contribution in [0, 0.1) is 0 Å². The molecule has 5 rings (SSSR count). The lowest BCUT2D eigenvalue weighted by molar-refractivity contribution is 0.0963. The van der Waals surface area contributed by atoms with Crippen LogP contribution in [0.15, 0.2) is 73.4 Å². The molecule has 0 aliphatic rings. The maximum atomic E-state index is 11.9. The van der Waals surface area contributed by atoms with Gasteiger partial charge < -0.3 is 10.1 Å². The summed E-state index contributed by atoms with van der Waals surface area (Å²) in [5.74, 6) is 1.47. The predicted octanol–water partition coefficient (Wildman–Crippen LogP) is 4.75. The van der Waals surface area contributed by atoms with Gasteiger partial charge >= 0.3 is 0 Å². The van der Waals surface area contributed by atoms with Crippen molar-refractivity contribution >= 4 is 34.1 Å². The van der Waals surface area contributed by atoms with Crippen molar-refractivity contribution in [2.75, 3.05) is 7.05 Å². The zero-order valence-corrected chi connectivity index (χ0v) is 17.2. The van der Waals surface area contributed by atoms with Gasteiger partial charge in [0.25, 0.3) is 5.91 Å². The summed E-state index contributed by atoms with van der Waals surface area (Å²) in [6.45, 7) is 0. The molecule has 0 fully saturated rings. The Morgan fingerprint density at radius 1 is 1.00 bits per heavy atom. The molecule has 5 aromatic rings. The molecule has 0 bridgehead atoms. The summed E-state index contributed by atoms with van der Waals surface area (Å²) in [5.41, 5.74) is 2.05. The molecule has 152 valence electrons. The first kappa shape index (κ1) is 19.0. The van der Waals surface area contributed by atoms with Crippen molar-refractivity contribution in [2.24, 2.45) is 0 Å². The monoisotopic (exact) mass is 429 g/mol. The highest BCUT2D eigenvalue weighted by molar-refractivity contribution is 6.34. The standard InChI is InChI=1S/C23H16ClN5O2/c1-25-22(30)19-5-3-15(9-20(19)24)17-11-27-23-28-12-21(29(23)13-17)31-18-4-2-14-6-7-26-10-16(14)8-18/h2-13H,1H3,(H,25,30). The fraction of sp³-hybridized carbons (Fsp3) is 0.0435. The maximum Gasteiger partial charge on any atom is 0.252 e. The van der Waals surface area contributed by atoms with Gasteiger partial charge in [0.2, 0.25) is 11.7 Å². The van der Waals surface area contributed by atoms with Crippen LogP contribution in [0.5, 0.6) is 11.6 Å². The first-order chi connectivity index (χ1) is 15.1. The van der Waals surface area contributed by atoms with Crippen LogP contribution >= 0.6 is 11.6 Å². The van der Waals surface area contributed by atoms with E-state index in [9.17, 15) is 4.79 Å². The van der Waals surface area contributed by atoms with Crippen molar-refractivity contribution in [1.29, 1.82) is 0 Å². The van der Waals surface area contributed by atoms with E-state index in [1.165, 1.54) is 0 Å². The van der Waals surface area contributed by atoms with E-state index in [0.29, 0.717) is 28.0 Å². The number of nitrogens with zero attached hydrogens (tertiary/aromatic N) is 4. The second kappa shape index (κ2) is 7.70. The van der Waals surface area contributed by atoms with E-state index in [2.05, 4.69) is 20.3 Å². The van der Waals surface area contributed by atoms with Gasteiger partial charge in [-0.1, -0.05) is 23.7 Å². The molecule has 2 aromatic carbocycles.